The molecule has 0 saturated heterocycles. The lowest BCUT2D eigenvalue weighted by atomic mass is 9.90. The van der Waals surface area contributed by atoms with Crippen molar-refractivity contribution in [1.29, 1.82) is 0 Å². The molecule has 0 amide bonds. The summed E-state index contributed by atoms with van der Waals surface area (Å²) in [6.07, 6.45) is 3.04. The van der Waals surface area contributed by atoms with E-state index in [9.17, 15) is 4.79 Å². The molecule has 0 N–H and O–H groups in total. The van der Waals surface area contributed by atoms with Gasteiger partial charge in [-0.15, -0.1) is 0 Å². The fourth-order valence-corrected chi connectivity index (χ4v) is 4.48. The first-order valence-electron chi connectivity index (χ1n) is 10.6. The van der Waals surface area contributed by atoms with Crippen molar-refractivity contribution in [2.75, 3.05) is 35.0 Å². The molecular weight excluding hydrogens is 410 g/mol. The molecule has 168 valence electrons. The van der Waals surface area contributed by atoms with Crippen molar-refractivity contribution in [3.8, 4) is 34.3 Å². The van der Waals surface area contributed by atoms with Crippen molar-refractivity contribution in [3.63, 3.8) is 0 Å². The fraction of sp³-hybridized carbons (Fsp3) is 0.360. The van der Waals surface area contributed by atoms with Gasteiger partial charge in [-0.2, -0.15) is 4.57 Å². The second-order valence-corrected chi connectivity index (χ2v) is 7.51. The molecule has 0 atom stereocenters. The number of hydrogen-bond donors (Lipinski definition) is 0. The van der Waals surface area contributed by atoms with E-state index >= 15 is 0 Å². The molecule has 32 heavy (non-hydrogen) atoms. The number of carbonyl (C=O) groups excluding carboxylic acids is 1. The normalized spacial score (nSPS) is 12.0. The molecule has 0 unspecified atom stereocenters. The highest BCUT2D eigenvalue weighted by Crippen LogP contribution is 2.42. The second-order valence-electron chi connectivity index (χ2n) is 7.51. The van der Waals surface area contributed by atoms with E-state index in [1.165, 1.54) is 0 Å². The van der Waals surface area contributed by atoms with Crippen molar-refractivity contribution in [1.82, 2.24) is 0 Å². The molecule has 0 saturated carbocycles. The highest BCUT2D eigenvalue weighted by atomic mass is 16.5. The topological polar surface area (TPSA) is 67.1 Å². The third kappa shape index (κ3) is 3.57. The van der Waals surface area contributed by atoms with E-state index in [2.05, 4.69) is 10.8 Å². The summed E-state index contributed by atoms with van der Waals surface area (Å²) in [5.74, 6) is 2.35. The van der Waals surface area contributed by atoms with Gasteiger partial charge in [0, 0.05) is 17.4 Å². The van der Waals surface area contributed by atoms with Crippen molar-refractivity contribution in [3.05, 3.63) is 41.6 Å². The molecule has 0 aliphatic carbocycles. The van der Waals surface area contributed by atoms with Gasteiger partial charge in [0.05, 0.1) is 52.4 Å². The van der Waals surface area contributed by atoms with E-state index in [4.69, 9.17) is 23.7 Å². The van der Waals surface area contributed by atoms with Gasteiger partial charge in [0.25, 0.3) is 0 Å². The van der Waals surface area contributed by atoms with Crippen LogP contribution in [0.5, 0.6) is 23.0 Å². The van der Waals surface area contributed by atoms with Gasteiger partial charge in [0.1, 0.15) is 0 Å². The van der Waals surface area contributed by atoms with Crippen LogP contribution < -0.4 is 23.5 Å². The smallest absolute Gasteiger partial charge is 0.310 e. The average Bonchev–Trinajstić information content (AvgIpc) is 2.81. The van der Waals surface area contributed by atoms with Crippen LogP contribution in [0.2, 0.25) is 0 Å². The van der Waals surface area contributed by atoms with Crippen molar-refractivity contribution in [2.24, 2.45) is 0 Å². The number of pyridine rings is 1. The summed E-state index contributed by atoms with van der Waals surface area (Å²) in [6.45, 7) is 2.90. The number of aryl methyl sites for hydroxylation is 2. The minimum absolute atomic E-state index is 0.143. The van der Waals surface area contributed by atoms with E-state index in [0.29, 0.717) is 29.6 Å². The Morgan fingerprint density at radius 3 is 2.31 bits per heavy atom. The number of aromatic nitrogens is 1. The van der Waals surface area contributed by atoms with E-state index in [-0.39, 0.29) is 12.4 Å². The van der Waals surface area contributed by atoms with Crippen molar-refractivity contribution >= 4 is 16.7 Å². The van der Waals surface area contributed by atoms with Crippen LogP contribution >= 0.6 is 0 Å². The molecule has 7 heteroatoms. The Morgan fingerprint density at radius 1 is 0.938 bits per heavy atom. The van der Waals surface area contributed by atoms with Crippen LogP contribution in [0.1, 0.15) is 18.1 Å². The number of rotatable bonds is 7. The number of ether oxygens (including phenoxy) is 5. The molecule has 1 aromatic heterocycles. The van der Waals surface area contributed by atoms with Crippen LogP contribution in [-0.2, 0) is 28.9 Å². The van der Waals surface area contributed by atoms with Crippen molar-refractivity contribution in [2.45, 2.75) is 26.3 Å². The Labute approximate surface area is 187 Å². The SMILES string of the molecule is CCOC(=O)Cc1c2[n+](cc3c(OC)c(OC)ccc13)CCc1cc(OC)c(OC)cc1-2. The fourth-order valence-electron chi connectivity index (χ4n) is 4.48. The Bertz CT molecular complexity index is 1190. The molecule has 1 aliphatic rings. The summed E-state index contributed by atoms with van der Waals surface area (Å²) in [6, 6.07) is 7.84. The molecule has 4 rings (SSSR count). The van der Waals surface area contributed by atoms with Gasteiger partial charge < -0.3 is 23.7 Å². The maximum absolute atomic E-state index is 12.6. The van der Waals surface area contributed by atoms with Gasteiger partial charge in [-0.25, -0.2) is 0 Å². The van der Waals surface area contributed by atoms with Crippen LogP contribution in [0.15, 0.2) is 30.5 Å². The Kier molecular flexibility index (Phi) is 6.08. The van der Waals surface area contributed by atoms with E-state index in [1.54, 1.807) is 28.4 Å². The number of nitrogens with zero attached hydrogens (tertiary/aromatic N) is 1. The highest BCUT2D eigenvalue weighted by molar-refractivity contribution is 5.97. The van der Waals surface area contributed by atoms with Crippen LogP contribution in [0.4, 0.5) is 0 Å². The largest absolute Gasteiger partial charge is 0.493 e. The van der Waals surface area contributed by atoms with E-state index < -0.39 is 0 Å². The molecular formula is C25H28NO6+. The summed E-state index contributed by atoms with van der Waals surface area (Å²) in [5.41, 5.74) is 4.02. The van der Waals surface area contributed by atoms with Crippen LogP contribution in [0, 0.1) is 0 Å². The van der Waals surface area contributed by atoms with E-state index in [1.807, 2.05) is 31.2 Å². The van der Waals surface area contributed by atoms with Gasteiger partial charge in [0.15, 0.2) is 35.7 Å². The molecule has 0 radical (unpaired) electrons. The lowest BCUT2D eigenvalue weighted by molar-refractivity contribution is -0.686. The van der Waals surface area contributed by atoms with Crippen molar-refractivity contribution < 1.29 is 33.0 Å². The highest BCUT2D eigenvalue weighted by Gasteiger charge is 2.32. The standard InChI is InChI=1S/C25H28NO6/c1-6-32-23(27)13-18-16-7-8-20(28-2)25(31-5)19(16)14-26-10-9-15-11-21(29-3)22(30-4)12-17(15)24(18)26/h7-8,11-12,14H,6,9-10,13H2,1-5H3/q+1. The monoisotopic (exact) mass is 438 g/mol. The predicted molar refractivity (Wildman–Crippen MR) is 120 cm³/mol. The summed E-state index contributed by atoms with van der Waals surface area (Å²) in [7, 11) is 6.50. The number of esters is 1. The molecule has 0 bridgehead atoms. The van der Waals surface area contributed by atoms with Gasteiger partial charge in [-0.3, -0.25) is 4.79 Å². The number of fused-ring (bicyclic) bond motifs is 4. The lowest BCUT2D eigenvalue weighted by Crippen LogP contribution is -2.41. The Morgan fingerprint density at radius 2 is 1.66 bits per heavy atom. The first-order chi connectivity index (χ1) is 15.6. The van der Waals surface area contributed by atoms with E-state index in [0.717, 1.165) is 46.1 Å². The van der Waals surface area contributed by atoms with Crippen LogP contribution in [0.25, 0.3) is 22.0 Å². The first kappa shape index (κ1) is 21.7. The second kappa shape index (κ2) is 8.94. The molecule has 0 spiro atoms. The quantitative estimate of drug-likeness (QED) is 0.416. The Hall–Kier alpha value is -3.48. The summed E-state index contributed by atoms with van der Waals surface area (Å²) in [5, 5.41) is 1.81. The molecule has 2 aromatic carbocycles. The Balaban J connectivity index is 2.05. The summed E-state index contributed by atoms with van der Waals surface area (Å²) < 4.78 is 29.8. The minimum atomic E-state index is -0.273. The predicted octanol–water partition coefficient (Wildman–Crippen LogP) is 3.49. The number of hydrogen-bond acceptors (Lipinski definition) is 6. The summed E-state index contributed by atoms with van der Waals surface area (Å²) in [4.78, 5) is 12.6. The zero-order chi connectivity index (χ0) is 22.8. The van der Waals surface area contributed by atoms with Gasteiger partial charge in [-0.1, -0.05) is 0 Å². The number of carbonyl (C=O) groups is 1. The third-order valence-corrected chi connectivity index (χ3v) is 5.88. The zero-order valence-corrected chi connectivity index (χ0v) is 19.1. The molecule has 1 aliphatic heterocycles. The van der Waals surface area contributed by atoms with Gasteiger partial charge in [0.2, 0.25) is 5.69 Å². The zero-order valence-electron chi connectivity index (χ0n) is 19.1. The average molecular weight is 439 g/mol. The van der Waals surface area contributed by atoms with Gasteiger partial charge in [-0.05, 0) is 36.8 Å². The first-order valence-corrected chi connectivity index (χ1v) is 10.6. The molecule has 7 nitrogen and oxygen atoms in total. The number of benzene rings is 2. The lowest BCUT2D eigenvalue weighted by Gasteiger charge is -2.21. The third-order valence-electron chi connectivity index (χ3n) is 5.88. The molecule has 2 heterocycles. The maximum atomic E-state index is 12.6. The van der Waals surface area contributed by atoms with Gasteiger partial charge >= 0.3 is 5.97 Å². The summed E-state index contributed by atoms with van der Waals surface area (Å²) >= 11 is 0. The van der Waals surface area contributed by atoms with Crippen LogP contribution in [-0.4, -0.2) is 41.0 Å². The number of methoxy groups -OCH3 is 4. The minimum Gasteiger partial charge on any atom is -0.493 e. The molecule has 3 aromatic rings. The molecule has 0 fully saturated rings. The van der Waals surface area contributed by atoms with Crippen LogP contribution in [0.3, 0.4) is 0 Å². The maximum Gasteiger partial charge on any atom is 0.310 e.